The lowest BCUT2D eigenvalue weighted by atomic mass is 10.2. The second-order valence-corrected chi connectivity index (χ2v) is 6.19. The minimum Gasteiger partial charge on any atom is -0.339 e. The molecule has 0 amide bonds. The number of anilines is 1. The normalized spacial score (nSPS) is 10.6. The van der Waals surface area contributed by atoms with Crippen molar-refractivity contribution in [2.24, 2.45) is 0 Å². The zero-order valence-corrected chi connectivity index (χ0v) is 14.4. The number of hydrogen-bond donors (Lipinski definition) is 2. The average Bonchev–Trinajstić information content (AvgIpc) is 2.54. The number of hydrogen-bond acceptors (Lipinski definition) is 1. The van der Waals surface area contributed by atoms with E-state index in [0.29, 0.717) is 5.11 Å². The van der Waals surface area contributed by atoms with Gasteiger partial charge in [0.1, 0.15) is 5.82 Å². The van der Waals surface area contributed by atoms with Gasteiger partial charge >= 0.3 is 0 Å². The van der Waals surface area contributed by atoms with Gasteiger partial charge in [-0.05, 0) is 42.0 Å². The third-order valence-corrected chi connectivity index (χ3v) is 3.84. The van der Waals surface area contributed by atoms with Crippen LogP contribution in [0.25, 0.3) is 0 Å². The van der Waals surface area contributed by atoms with Crippen molar-refractivity contribution in [1.82, 2.24) is 4.90 Å². The van der Waals surface area contributed by atoms with Crippen molar-refractivity contribution < 1.29 is 9.29 Å². The number of rotatable bonds is 6. The molecule has 0 saturated carbocycles. The summed E-state index contributed by atoms with van der Waals surface area (Å²) in [5.41, 5.74) is 2.01. The maximum Gasteiger partial charge on any atom is 0.173 e. The van der Waals surface area contributed by atoms with Crippen molar-refractivity contribution in [3.05, 3.63) is 66.0 Å². The Morgan fingerprint density at radius 1 is 1.09 bits per heavy atom. The van der Waals surface area contributed by atoms with E-state index in [4.69, 9.17) is 12.2 Å². The Morgan fingerprint density at radius 2 is 1.74 bits per heavy atom. The van der Waals surface area contributed by atoms with Crippen LogP contribution < -0.4 is 10.2 Å². The lowest BCUT2D eigenvalue weighted by molar-refractivity contribution is -0.857. The number of quaternary nitrogens is 1. The third kappa shape index (κ3) is 5.96. The Bertz CT molecular complexity index is 614. The fourth-order valence-corrected chi connectivity index (χ4v) is 2.42. The third-order valence-electron chi connectivity index (χ3n) is 3.48. The highest BCUT2D eigenvalue weighted by Crippen LogP contribution is 2.11. The second-order valence-electron chi connectivity index (χ2n) is 5.80. The van der Waals surface area contributed by atoms with Gasteiger partial charge in [-0.3, -0.25) is 0 Å². The summed E-state index contributed by atoms with van der Waals surface area (Å²) in [5.74, 6) is -0.251. The molecule has 0 aromatic heterocycles. The predicted molar refractivity (Wildman–Crippen MR) is 97.2 cm³/mol. The molecule has 23 heavy (non-hydrogen) atoms. The topological polar surface area (TPSA) is 19.7 Å². The quantitative estimate of drug-likeness (QED) is 0.791. The Labute approximate surface area is 142 Å². The van der Waals surface area contributed by atoms with Crippen LogP contribution in [-0.2, 0) is 6.54 Å². The first-order valence-corrected chi connectivity index (χ1v) is 8.10. The van der Waals surface area contributed by atoms with Crippen molar-refractivity contribution in [2.45, 2.75) is 6.54 Å². The second kappa shape index (κ2) is 8.60. The van der Waals surface area contributed by atoms with E-state index in [0.717, 1.165) is 25.3 Å². The highest BCUT2D eigenvalue weighted by atomic mass is 32.1. The van der Waals surface area contributed by atoms with Crippen molar-refractivity contribution >= 4 is 23.0 Å². The molecule has 3 nitrogen and oxygen atoms in total. The summed E-state index contributed by atoms with van der Waals surface area (Å²) in [5, 5.41) is 3.85. The molecular formula is C18H23FN3S+. The maximum atomic E-state index is 13.0. The molecule has 0 fully saturated rings. The van der Waals surface area contributed by atoms with Gasteiger partial charge in [-0.15, -0.1) is 0 Å². The van der Waals surface area contributed by atoms with Gasteiger partial charge in [-0.25, -0.2) is 4.39 Å². The average molecular weight is 332 g/mol. The molecule has 0 aliphatic heterocycles. The first kappa shape index (κ1) is 17.4. The van der Waals surface area contributed by atoms with E-state index < -0.39 is 0 Å². The summed E-state index contributed by atoms with van der Waals surface area (Å²) >= 11 is 5.55. The molecule has 0 atom stereocenters. The lowest BCUT2D eigenvalue weighted by Gasteiger charge is -2.26. The molecule has 0 bridgehead atoms. The molecule has 0 aliphatic rings. The monoisotopic (exact) mass is 332 g/mol. The predicted octanol–water partition coefficient (Wildman–Crippen LogP) is 2.17. The Hall–Kier alpha value is -1.98. The van der Waals surface area contributed by atoms with E-state index in [9.17, 15) is 4.39 Å². The molecule has 0 saturated heterocycles. The molecule has 2 aromatic carbocycles. The zero-order valence-electron chi connectivity index (χ0n) is 13.6. The van der Waals surface area contributed by atoms with E-state index in [1.165, 1.54) is 22.6 Å². The smallest absolute Gasteiger partial charge is 0.173 e. The molecule has 0 unspecified atom stereocenters. The summed E-state index contributed by atoms with van der Waals surface area (Å²) in [4.78, 5) is 3.51. The summed E-state index contributed by atoms with van der Waals surface area (Å²) in [6.07, 6.45) is 0. The number of likely N-dealkylation sites (N-methyl/N-ethyl adjacent to an activating group) is 1. The molecule has 2 N–H and O–H groups in total. The molecule has 0 heterocycles. The molecule has 0 radical (unpaired) electrons. The molecule has 122 valence electrons. The molecule has 2 aromatic rings. The fraction of sp³-hybridized carbons (Fsp3) is 0.278. The molecular weight excluding hydrogens is 309 g/mol. The summed E-state index contributed by atoms with van der Waals surface area (Å²) in [7, 11) is 4.24. The summed E-state index contributed by atoms with van der Waals surface area (Å²) < 4.78 is 13.0. The first-order chi connectivity index (χ1) is 11.0. The number of nitrogens with zero attached hydrogens (tertiary/aromatic N) is 1. The minimum atomic E-state index is -0.251. The van der Waals surface area contributed by atoms with Gasteiger partial charge in [0.15, 0.2) is 5.11 Å². The van der Waals surface area contributed by atoms with Crippen molar-refractivity contribution in [1.29, 1.82) is 0 Å². The van der Waals surface area contributed by atoms with E-state index in [1.807, 2.05) is 18.2 Å². The van der Waals surface area contributed by atoms with Crippen LogP contribution >= 0.6 is 12.2 Å². The first-order valence-electron chi connectivity index (χ1n) is 7.69. The van der Waals surface area contributed by atoms with Gasteiger partial charge in [0.25, 0.3) is 0 Å². The van der Waals surface area contributed by atoms with Crippen molar-refractivity contribution in [3.63, 3.8) is 0 Å². The van der Waals surface area contributed by atoms with Gasteiger partial charge < -0.3 is 15.1 Å². The lowest BCUT2D eigenvalue weighted by Crippen LogP contribution is -3.06. The highest BCUT2D eigenvalue weighted by molar-refractivity contribution is 7.80. The van der Waals surface area contributed by atoms with E-state index >= 15 is 0 Å². The SMILES string of the molecule is C[NH+](C)CCN(Cc1ccccc1)C(=S)Nc1ccc(F)cc1. The Balaban J connectivity index is 2.05. The molecule has 5 heteroatoms. The minimum absolute atomic E-state index is 0.251. The van der Waals surface area contributed by atoms with Crippen molar-refractivity contribution in [3.8, 4) is 0 Å². The van der Waals surface area contributed by atoms with Crippen LogP contribution in [0.15, 0.2) is 54.6 Å². The number of nitrogens with one attached hydrogen (secondary N) is 2. The van der Waals surface area contributed by atoms with Gasteiger partial charge in [0.2, 0.25) is 0 Å². The van der Waals surface area contributed by atoms with E-state index in [1.54, 1.807) is 12.1 Å². The van der Waals surface area contributed by atoms with Crippen LogP contribution in [0.3, 0.4) is 0 Å². The Kier molecular flexibility index (Phi) is 6.50. The van der Waals surface area contributed by atoms with E-state index in [2.05, 4.69) is 36.4 Å². The van der Waals surface area contributed by atoms with Gasteiger partial charge in [0.05, 0.1) is 27.2 Å². The summed E-state index contributed by atoms with van der Waals surface area (Å²) in [6, 6.07) is 16.5. The molecule has 2 rings (SSSR count). The zero-order chi connectivity index (χ0) is 16.7. The molecule has 0 spiro atoms. The van der Waals surface area contributed by atoms with Gasteiger partial charge in [-0.1, -0.05) is 30.3 Å². The van der Waals surface area contributed by atoms with Crippen LogP contribution in [0.1, 0.15) is 5.56 Å². The van der Waals surface area contributed by atoms with Crippen LogP contribution in [-0.4, -0.2) is 37.2 Å². The Morgan fingerprint density at radius 3 is 2.35 bits per heavy atom. The standard InChI is InChI=1S/C18H22FN3S/c1-21(2)12-13-22(14-15-6-4-3-5-7-15)18(23)20-17-10-8-16(19)9-11-17/h3-11H,12-14H2,1-2H3,(H,20,23)/p+1. The number of benzene rings is 2. The van der Waals surface area contributed by atoms with Gasteiger partial charge in [-0.2, -0.15) is 0 Å². The van der Waals surface area contributed by atoms with Crippen LogP contribution in [0.2, 0.25) is 0 Å². The fourth-order valence-electron chi connectivity index (χ4n) is 2.15. The van der Waals surface area contributed by atoms with Crippen LogP contribution in [0, 0.1) is 5.82 Å². The number of halogens is 1. The summed E-state index contributed by atoms with van der Waals surface area (Å²) in [6.45, 7) is 2.59. The van der Waals surface area contributed by atoms with Crippen LogP contribution in [0.5, 0.6) is 0 Å². The largest absolute Gasteiger partial charge is 0.339 e. The number of thiocarbonyl (C=S) groups is 1. The maximum absolute atomic E-state index is 13.0. The van der Waals surface area contributed by atoms with Crippen molar-refractivity contribution in [2.75, 3.05) is 32.5 Å². The highest BCUT2D eigenvalue weighted by Gasteiger charge is 2.12. The van der Waals surface area contributed by atoms with Crippen LogP contribution in [0.4, 0.5) is 10.1 Å². The van der Waals surface area contributed by atoms with E-state index in [-0.39, 0.29) is 5.82 Å². The molecule has 0 aliphatic carbocycles. The van der Waals surface area contributed by atoms with Gasteiger partial charge in [0, 0.05) is 12.2 Å².